The molecule has 0 bridgehead atoms. The molecule has 0 unspecified atom stereocenters. The van der Waals surface area contributed by atoms with E-state index >= 15 is 0 Å². The maximum atomic E-state index is 12.0. The maximum absolute atomic E-state index is 12.0. The molecule has 3 rings (SSSR count). The number of rotatable bonds is 3. The van der Waals surface area contributed by atoms with Gasteiger partial charge < -0.3 is 14.8 Å². The Bertz CT molecular complexity index is 642. The van der Waals surface area contributed by atoms with Crippen LogP contribution in [-0.4, -0.2) is 21.6 Å². The van der Waals surface area contributed by atoms with Crippen LogP contribution in [0.15, 0.2) is 22.6 Å². The standard InChI is InChI=1S/C15H18N2O3/c1-10-16-12-5-4-11(8-13(12)20-10)17-14(18)9-15(19)6-2-3-7-15/h4-5,8,19H,2-3,6-7,9H2,1H3,(H,17,18). The van der Waals surface area contributed by atoms with Gasteiger partial charge in [-0.2, -0.15) is 0 Å². The van der Waals surface area contributed by atoms with Crippen molar-refractivity contribution in [3.8, 4) is 0 Å². The first-order valence-corrected chi connectivity index (χ1v) is 6.94. The molecule has 1 aromatic heterocycles. The first-order valence-electron chi connectivity index (χ1n) is 6.94. The van der Waals surface area contributed by atoms with Crippen molar-refractivity contribution in [1.29, 1.82) is 0 Å². The van der Waals surface area contributed by atoms with E-state index in [2.05, 4.69) is 10.3 Å². The van der Waals surface area contributed by atoms with Gasteiger partial charge in [-0.15, -0.1) is 0 Å². The summed E-state index contributed by atoms with van der Waals surface area (Å²) in [5.41, 5.74) is 1.27. The van der Waals surface area contributed by atoms with Crippen molar-refractivity contribution in [3.63, 3.8) is 0 Å². The normalized spacial score (nSPS) is 17.5. The van der Waals surface area contributed by atoms with Gasteiger partial charge in [0.1, 0.15) is 5.52 Å². The van der Waals surface area contributed by atoms with E-state index in [9.17, 15) is 9.90 Å². The average Bonchev–Trinajstić information content (AvgIpc) is 2.93. The molecule has 1 aromatic carbocycles. The van der Waals surface area contributed by atoms with E-state index in [1.165, 1.54) is 0 Å². The minimum atomic E-state index is -0.822. The van der Waals surface area contributed by atoms with Crippen molar-refractivity contribution in [1.82, 2.24) is 4.98 Å². The molecule has 1 saturated carbocycles. The van der Waals surface area contributed by atoms with Gasteiger partial charge in [-0.1, -0.05) is 12.8 Å². The monoisotopic (exact) mass is 274 g/mol. The minimum absolute atomic E-state index is 0.153. The quantitative estimate of drug-likeness (QED) is 0.902. The number of amides is 1. The van der Waals surface area contributed by atoms with Crippen LogP contribution in [0.4, 0.5) is 5.69 Å². The van der Waals surface area contributed by atoms with E-state index in [-0.39, 0.29) is 12.3 Å². The Morgan fingerprint density at radius 1 is 1.45 bits per heavy atom. The number of oxazole rings is 1. The number of anilines is 1. The average molecular weight is 274 g/mol. The molecule has 2 N–H and O–H groups in total. The molecule has 106 valence electrons. The SMILES string of the molecule is Cc1nc2ccc(NC(=O)CC3(O)CCCC3)cc2o1. The predicted octanol–water partition coefficient (Wildman–Crippen LogP) is 2.77. The first-order chi connectivity index (χ1) is 9.54. The number of aliphatic hydroxyl groups is 1. The van der Waals surface area contributed by atoms with Crippen LogP contribution in [0.2, 0.25) is 0 Å². The smallest absolute Gasteiger partial charge is 0.227 e. The summed E-state index contributed by atoms with van der Waals surface area (Å²) in [4.78, 5) is 16.2. The van der Waals surface area contributed by atoms with Gasteiger partial charge in [0.15, 0.2) is 11.5 Å². The number of carbonyl (C=O) groups excluding carboxylic acids is 1. The van der Waals surface area contributed by atoms with Crippen molar-refractivity contribution in [2.75, 3.05) is 5.32 Å². The zero-order valence-corrected chi connectivity index (χ0v) is 11.5. The molecule has 1 aliphatic carbocycles. The molecule has 0 aliphatic heterocycles. The minimum Gasteiger partial charge on any atom is -0.441 e. The fourth-order valence-corrected chi connectivity index (χ4v) is 2.83. The van der Waals surface area contributed by atoms with Crippen molar-refractivity contribution < 1.29 is 14.3 Å². The van der Waals surface area contributed by atoms with Gasteiger partial charge >= 0.3 is 0 Å². The highest BCUT2D eigenvalue weighted by atomic mass is 16.3. The first kappa shape index (κ1) is 13.1. The van der Waals surface area contributed by atoms with Gasteiger partial charge in [0.25, 0.3) is 0 Å². The van der Waals surface area contributed by atoms with E-state index in [1.54, 1.807) is 19.1 Å². The number of benzene rings is 1. The molecule has 1 fully saturated rings. The third-order valence-corrected chi connectivity index (χ3v) is 3.80. The highest BCUT2D eigenvalue weighted by molar-refractivity contribution is 5.93. The van der Waals surface area contributed by atoms with Crippen LogP contribution in [0.1, 0.15) is 38.0 Å². The zero-order valence-electron chi connectivity index (χ0n) is 11.5. The summed E-state index contributed by atoms with van der Waals surface area (Å²) in [6.07, 6.45) is 3.56. The van der Waals surface area contributed by atoms with Gasteiger partial charge in [0.2, 0.25) is 5.91 Å². The molecule has 0 radical (unpaired) electrons. The van der Waals surface area contributed by atoms with Gasteiger partial charge in [0, 0.05) is 18.7 Å². The summed E-state index contributed by atoms with van der Waals surface area (Å²) in [6.45, 7) is 1.79. The molecule has 5 nitrogen and oxygen atoms in total. The molecule has 1 amide bonds. The summed E-state index contributed by atoms with van der Waals surface area (Å²) in [6, 6.07) is 5.36. The highest BCUT2D eigenvalue weighted by Crippen LogP contribution is 2.32. The Morgan fingerprint density at radius 3 is 2.95 bits per heavy atom. The van der Waals surface area contributed by atoms with E-state index < -0.39 is 5.60 Å². The fraction of sp³-hybridized carbons (Fsp3) is 0.467. The van der Waals surface area contributed by atoms with Crippen LogP contribution < -0.4 is 5.32 Å². The van der Waals surface area contributed by atoms with Gasteiger partial charge in [0.05, 0.1) is 12.0 Å². The Kier molecular flexibility index (Phi) is 3.22. The lowest BCUT2D eigenvalue weighted by atomic mass is 9.97. The number of aromatic nitrogens is 1. The van der Waals surface area contributed by atoms with Crippen LogP contribution in [0.5, 0.6) is 0 Å². The molecule has 0 saturated heterocycles. The van der Waals surface area contributed by atoms with E-state index in [1.807, 2.05) is 6.07 Å². The van der Waals surface area contributed by atoms with Gasteiger partial charge in [-0.3, -0.25) is 4.79 Å². The van der Waals surface area contributed by atoms with Gasteiger partial charge in [-0.05, 0) is 25.0 Å². The second kappa shape index (κ2) is 4.90. The number of hydrogen-bond donors (Lipinski definition) is 2. The molecular formula is C15H18N2O3. The number of fused-ring (bicyclic) bond motifs is 1. The molecule has 2 aromatic rings. The second-order valence-electron chi connectivity index (χ2n) is 5.57. The van der Waals surface area contributed by atoms with Crippen molar-refractivity contribution in [2.45, 2.75) is 44.6 Å². The number of aryl methyl sites for hydroxylation is 1. The summed E-state index contributed by atoms with van der Waals surface area (Å²) in [5.74, 6) is 0.439. The van der Waals surface area contributed by atoms with E-state index in [0.29, 0.717) is 30.0 Å². The lowest BCUT2D eigenvalue weighted by molar-refractivity contribution is -0.120. The summed E-state index contributed by atoms with van der Waals surface area (Å²) in [7, 11) is 0. The summed E-state index contributed by atoms with van der Waals surface area (Å²) >= 11 is 0. The molecule has 0 atom stereocenters. The number of nitrogens with zero attached hydrogens (tertiary/aromatic N) is 1. The Hall–Kier alpha value is -1.88. The third kappa shape index (κ3) is 2.67. The van der Waals surface area contributed by atoms with Crippen molar-refractivity contribution in [2.24, 2.45) is 0 Å². The molecular weight excluding hydrogens is 256 g/mol. The number of nitrogens with one attached hydrogen (secondary N) is 1. The highest BCUT2D eigenvalue weighted by Gasteiger charge is 2.33. The lowest BCUT2D eigenvalue weighted by Gasteiger charge is -2.21. The molecule has 1 heterocycles. The topological polar surface area (TPSA) is 75.4 Å². The zero-order chi connectivity index (χ0) is 14.2. The molecule has 20 heavy (non-hydrogen) atoms. The molecule has 0 spiro atoms. The largest absolute Gasteiger partial charge is 0.441 e. The van der Waals surface area contributed by atoms with Crippen LogP contribution in [-0.2, 0) is 4.79 Å². The third-order valence-electron chi connectivity index (χ3n) is 3.80. The Labute approximate surface area is 117 Å². The van der Waals surface area contributed by atoms with Crippen LogP contribution in [0, 0.1) is 6.92 Å². The second-order valence-corrected chi connectivity index (χ2v) is 5.57. The maximum Gasteiger partial charge on any atom is 0.227 e. The Morgan fingerprint density at radius 2 is 2.20 bits per heavy atom. The molecule has 1 aliphatic rings. The van der Waals surface area contributed by atoms with Gasteiger partial charge in [-0.25, -0.2) is 4.98 Å². The van der Waals surface area contributed by atoms with E-state index in [0.717, 1.165) is 18.4 Å². The summed E-state index contributed by atoms with van der Waals surface area (Å²) < 4.78 is 5.43. The fourth-order valence-electron chi connectivity index (χ4n) is 2.83. The van der Waals surface area contributed by atoms with Crippen LogP contribution >= 0.6 is 0 Å². The van der Waals surface area contributed by atoms with Crippen molar-refractivity contribution >= 4 is 22.7 Å². The van der Waals surface area contributed by atoms with Crippen LogP contribution in [0.25, 0.3) is 11.1 Å². The number of hydrogen-bond acceptors (Lipinski definition) is 4. The summed E-state index contributed by atoms with van der Waals surface area (Å²) in [5, 5.41) is 13.0. The number of carbonyl (C=O) groups is 1. The predicted molar refractivity (Wildman–Crippen MR) is 75.4 cm³/mol. The van der Waals surface area contributed by atoms with Crippen molar-refractivity contribution in [3.05, 3.63) is 24.1 Å². The molecule has 5 heteroatoms. The van der Waals surface area contributed by atoms with Crippen LogP contribution in [0.3, 0.4) is 0 Å². The Balaban J connectivity index is 1.70. The van der Waals surface area contributed by atoms with E-state index in [4.69, 9.17) is 4.42 Å². The lowest BCUT2D eigenvalue weighted by Crippen LogP contribution is -2.30.